The molecule has 1 heterocycles. The van der Waals surface area contributed by atoms with Crippen molar-refractivity contribution in [3.63, 3.8) is 0 Å². The number of carbonyl (C=O) groups is 1. The van der Waals surface area contributed by atoms with E-state index < -0.39 is 0 Å². The van der Waals surface area contributed by atoms with Crippen LogP contribution in [0.4, 0.5) is 4.79 Å². The van der Waals surface area contributed by atoms with Crippen molar-refractivity contribution in [2.24, 2.45) is 5.92 Å². The number of amides is 2. The van der Waals surface area contributed by atoms with E-state index in [-0.39, 0.29) is 6.03 Å². The summed E-state index contributed by atoms with van der Waals surface area (Å²) in [6, 6.07) is 10.1. The fraction of sp³-hybridized carbons (Fsp3) is 0.533. The van der Waals surface area contributed by atoms with E-state index in [1.807, 2.05) is 35.2 Å². The van der Waals surface area contributed by atoms with Crippen molar-refractivity contribution in [1.82, 2.24) is 10.2 Å². The number of nitrogens with one attached hydrogen (secondary N) is 1. The minimum atomic E-state index is 0.0810. The van der Waals surface area contributed by atoms with Gasteiger partial charge in [0.25, 0.3) is 0 Å². The maximum atomic E-state index is 12.0. The zero-order chi connectivity index (χ0) is 12.8. The second-order valence-corrected chi connectivity index (χ2v) is 5.03. The molecule has 0 radical (unpaired) electrons. The van der Waals surface area contributed by atoms with E-state index in [2.05, 4.69) is 12.2 Å². The van der Waals surface area contributed by atoms with E-state index in [0.29, 0.717) is 12.5 Å². The number of benzene rings is 1. The van der Waals surface area contributed by atoms with Gasteiger partial charge in [0, 0.05) is 19.6 Å². The Morgan fingerprint density at radius 1 is 1.39 bits per heavy atom. The van der Waals surface area contributed by atoms with Gasteiger partial charge in [-0.3, -0.25) is 0 Å². The third-order valence-electron chi connectivity index (χ3n) is 3.56. The van der Waals surface area contributed by atoms with Crippen LogP contribution in [-0.2, 0) is 6.54 Å². The van der Waals surface area contributed by atoms with Gasteiger partial charge >= 0.3 is 6.03 Å². The molecule has 1 saturated heterocycles. The Hall–Kier alpha value is -1.51. The number of nitrogens with zero attached hydrogens (tertiary/aromatic N) is 1. The summed E-state index contributed by atoms with van der Waals surface area (Å²) in [6.45, 7) is 4.66. The highest BCUT2D eigenvalue weighted by Crippen LogP contribution is 2.20. The summed E-state index contributed by atoms with van der Waals surface area (Å²) in [7, 11) is 0. The van der Waals surface area contributed by atoms with Crippen molar-refractivity contribution < 1.29 is 4.79 Å². The third kappa shape index (κ3) is 3.49. The van der Waals surface area contributed by atoms with Gasteiger partial charge < -0.3 is 10.2 Å². The van der Waals surface area contributed by atoms with Crippen LogP contribution in [0.5, 0.6) is 0 Å². The van der Waals surface area contributed by atoms with Gasteiger partial charge in [-0.05, 0) is 24.3 Å². The number of hydrogen-bond acceptors (Lipinski definition) is 1. The molecule has 3 heteroatoms. The van der Waals surface area contributed by atoms with Crippen molar-refractivity contribution in [2.75, 3.05) is 13.1 Å². The maximum absolute atomic E-state index is 12.0. The maximum Gasteiger partial charge on any atom is 0.317 e. The molecule has 0 aromatic heterocycles. The summed E-state index contributed by atoms with van der Waals surface area (Å²) >= 11 is 0. The topological polar surface area (TPSA) is 32.3 Å². The van der Waals surface area contributed by atoms with Gasteiger partial charge in [0.15, 0.2) is 0 Å². The zero-order valence-corrected chi connectivity index (χ0v) is 11.1. The van der Waals surface area contributed by atoms with Crippen LogP contribution in [0.15, 0.2) is 30.3 Å². The highest BCUT2D eigenvalue weighted by molar-refractivity contribution is 5.74. The highest BCUT2D eigenvalue weighted by Gasteiger charge is 2.25. The van der Waals surface area contributed by atoms with E-state index in [1.165, 1.54) is 12.8 Å². The van der Waals surface area contributed by atoms with Crippen LogP contribution < -0.4 is 5.32 Å². The second kappa shape index (κ2) is 6.43. The third-order valence-corrected chi connectivity index (χ3v) is 3.56. The molecule has 18 heavy (non-hydrogen) atoms. The fourth-order valence-corrected chi connectivity index (χ4v) is 2.55. The van der Waals surface area contributed by atoms with Crippen molar-refractivity contribution in [3.05, 3.63) is 35.9 Å². The monoisotopic (exact) mass is 246 g/mol. The molecule has 2 amide bonds. The molecule has 1 fully saturated rings. The Bertz CT molecular complexity index is 377. The normalized spacial score (nSPS) is 18.9. The van der Waals surface area contributed by atoms with Gasteiger partial charge in [-0.15, -0.1) is 0 Å². The van der Waals surface area contributed by atoms with Gasteiger partial charge in [-0.25, -0.2) is 4.79 Å². The van der Waals surface area contributed by atoms with Gasteiger partial charge in [0.1, 0.15) is 0 Å². The minimum Gasteiger partial charge on any atom is -0.334 e. The summed E-state index contributed by atoms with van der Waals surface area (Å²) in [5, 5.41) is 2.99. The van der Waals surface area contributed by atoms with E-state index in [1.54, 1.807) is 0 Å². The van der Waals surface area contributed by atoms with Gasteiger partial charge in [0.2, 0.25) is 0 Å². The number of rotatable bonds is 4. The van der Waals surface area contributed by atoms with Gasteiger partial charge in [0.05, 0.1) is 0 Å². The summed E-state index contributed by atoms with van der Waals surface area (Å²) in [6.07, 6.45) is 3.61. The Kier molecular flexibility index (Phi) is 4.62. The van der Waals surface area contributed by atoms with Crippen LogP contribution in [0.2, 0.25) is 0 Å². The van der Waals surface area contributed by atoms with Gasteiger partial charge in [-0.1, -0.05) is 43.7 Å². The molecule has 0 bridgehead atoms. The average molecular weight is 246 g/mol. The molecule has 0 aliphatic carbocycles. The quantitative estimate of drug-likeness (QED) is 0.870. The van der Waals surface area contributed by atoms with Crippen LogP contribution in [-0.4, -0.2) is 24.0 Å². The van der Waals surface area contributed by atoms with Crippen molar-refractivity contribution in [2.45, 2.75) is 32.7 Å². The summed E-state index contributed by atoms with van der Waals surface area (Å²) in [5.41, 5.74) is 1.15. The second-order valence-electron chi connectivity index (χ2n) is 5.03. The molecule has 1 aliphatic rings. The lowest BCUT2D eigenvalue weighted by Crippen LogP contribution is -2.38. The van der Waals surface area contributed by atoms with E-state index in [9.17, 15) is 4.79 Å². The number of hydrogen-bond donors (Lipinski definition) is 1. The van der Waals surface area contributed by atoms with E-state index in [0.717, 1.165) is 25.1 Å². The van der Waals surface area contributed by atoms with E-state index in [4.69, 9.17) is 0 Å². The first-order valence-corrected chi connectivity index (χ1v) is 6.86. The van der Waals surface area contributed by atoms with E-state index >= 15 is 0 Å². The molecule has 1 aromatic rings. The Morgan fingerprint density at radius 2 is 2.17 bits per heavy atom. The lowest BCUT2D eigenvalue weighted by atomic mass is 10.0. The Morgan fingerprint density at radius 3 is 2.89 bits per heavy atom. The van der Waals surface area contributed by atoms with Crippen LogP contribution in [0.1, 0.15) is 31.7 Å². The summed E-state index contributed by atoms with van der Waals surface area (Å²) < 4.78 is 0. The number of carbonyl (C=O) groups excluding carboxylic acids is 1. The first-order valence-electron chi connectivity index (χ1n) is 6.86. The molecular weight excluding hydrogens is 224 g/mol. The Balaban J connectivity index is 1.76. The molecule has 0 saturated carbocycles. The fourth-order valence-electron chi connectivity index (χ4n) is 2.55. The minimum absolute atomic E-state index is 0.0810. The first kappa shape index (κ1) is 12.9. The lowest BCUT2D eigenvalue weighted by molar-refractivity contribution is 0.206. The standard InChI is InChI=1S/C15H22N2O/c1-2-6-14-9-10-17(12-14)15(18)16-11-13-7-4-3-5-8-13/h3-5,7-8,14H,2,6,9-12H2,1H3,(H,16,18). The van der Waals surface area contributed by atoms with Crippen molar-refractivity contribution >= 4 is 6.03 Å². The molecule has 1 atom stereocenters. The number of urea groups is 1. The van der Waals surface area contributed by atoms with Gasteiger partial charge in [-0.2, -0.15) is 0 Å². The van der Waals surface area contributed by atoms with Crippen LogP contribution in [0.25, 0.3) is 0 Å². The van der Waals surface area contributed by atoms with Crippen LogP contribution in [0.3, 0.4) is 0 Å². The molecule has 1 aliphatic heterocycles. The largest absolute Gasteiger partial charge is 0.334 e. The predicted octanol–water partition coefficient (Wildman–Crippen LogP) is 3.02. The smallest absolute Gasteiger partial charge is 0.317 e. The van der Waals surface area contributed by atoms with Crippen LogP contribution >= 0.6 is 0 Å². The lowest BCUT2D eigenvalue weighted by Gasteiger charge is -2.17. The highest BCUT2D eigenvalue weighted by atomic mass is 16.2. The summed E-state index contributed by atoms with van der Waals surface area (Å²) in [4.78, 5) is 13.9. The molecule has 98 valence electrons. The Labute approximate surface area is 109 Å². The van der Waals surface area contributed by atoms with Crippen molar-refractivity contribution in [1.29, 1.82) is 0 Å². The predicted molar refractivity (Wildman–Crippen MR) is 73.3 cm³/mol. The first-order chi connectivity index (χ1) is 8.79. The SMILES string of the molecule is CCCC1CCN(C(=O)NCc2ccccc2)C1. The molecule has 2 rings (SSSR count). The average Bonchev–Trinajstić information content (AvgIpc) is 2.86. The molecule has 1 N–H and O–H groups in total. The molecule has 0 spiro atoms. The molecule has 1 aromatic carbocycles. The molecular formula is C15H22N2O. The van der Waals surface area contributed by atoms with Crippen molar-refractivity contribution in [3.8, 4) is 0 Å². The zero-order valence-electron chi connectivity index (χ0n) is 11.1. The molecule has 1 unspecified atom stereocenters. The molecule has 3 nitrogen and oxygen atoms in total. The van der Waals surface area contributed by atoms with Crippen LogP contribution in [0, 0.1) is 5.92 Å². The number of likely N-dealkylation sites (tertiary alicyclic amines) is 1. The summed E-state index contributed by atoms with van der Waals surface area (Å²) in [5.74, 6) is 0.706.